The van der Waals surface area contributed by atoms with Crippen LogP contribution in [0.3, 0.4) is 0 Å². The first-order valence-electron chi connectivity index (χ1n) is 8.84. The van der Waals surface area contributed by atoms with E-state index < -0.39 is 0 Å². The largest absolute Gasteiger partial charge is 0.287 e. The third-order valence-corrected chi connectivity index (χ3v) is 6.07. The molecular formula is C21H24N2OS2. The van der Waals surface area contributed by atoms with E-state index in [1.165, 1.54) is 10.5 Å². The summed E-state index contributed by atoms with van der Waals surface area (Å²) in [5.74, 6) is 1.35. The molecule has 0 aliphatic rings. The highest BCUT2D eigenvalue weighted by molar-refractivity contribution is 7.98. The Labute approximate surface area is 163 Å². The molecule has 3 aromatic rings. The number of benzene rings is 2. The molecule has 0 N–H and O–H groups in total. The summed E-state index contributed by atoms with van der Waals surface area (Å²) in [7, 11) is 0. The van der Waals surface area contributed by atoms with Crippen molar-refractivity contribution in [3.63, 3.8) is 0 Å². The van der Waals surface area contributed by atoms with Crippen LogP contribution in [-0.4, -0.2) is 15.8 Å². The van der Waals surface area contributed by atoms with Gasteiger partial charge in [-0.1, -0.05) is 49.9 Å². The van der Waals surface area contributed by atoms with Crippen LogP contribution in [0.15, 0.2) is 63.4 Å². The quantitative estimate of drug-likeness (QED) is 0.400. The molecule has 1 heterocycles. The first-order valence-corrected chi connectivity index (χ1v) is 11.0. The van der Waals surface area contributed by atoms with Crippen molar-refractivity contribution in [3.05, 3.63) is 64.4 Å². The molecule has 0 aliphatic heterocycles. The molecule has 0 saturated heterocycles. The zero-order chi connectivity index (χ0) is 18.5. The van der Waals surface area contributed by atoms with E-state index in [2.05, 4.69) is 44.4 Å². The van der Waals surface area contributed by atoms with Gasteiger partial charge in [0.2, 0.25) is 0 Å². The predicted molar refractivity (Wildman–Crippen MR) is 113 cm³/mol. The van der Waals surface area contributed by atoms with Gasteiger partial charge in [-0.05, 0) is 48.4 Å². The van der Waals surface area contributed by atoms with Gasteiger partial charge in [0.15, 0.2) is 5.16 Å². The summed E-state index contributed by atoms with van der Waals surface area (Å²) in [4.78, 5) is 19.0. The number of aromatic nitrogens is 2. The number of nitrogens with zero attached hydrogens (tertiary/aromatic N) is 2. The molecule has 3 nitrogen and oxygen atoms in total. The maximum absolute atomic E-state index is 13.0. The van der Waals surface area contributed by atoms with E-state index in [9.17, 15) is 4.79 Å². The molecule has 0 radical (unpaired) electrons. The number of rotatable bonds is 7. The molecule has 0 unspecified atom stereocenters. The zero-order valence-corrected chi connectivity index (χ0v) is 17.1. The maximum Gasteiger partial charge on any atom is 0.262 e. The minimum atomic E-state index is 0.0662. The van der Waals surface area contributed by atoms with Crippen LogP contribution >= 0.6 is 23.5 Å². The molecular weight excluding hydrogens is 360 g/mol. The molecule has 0 spiro atoms. The van der Waals surface area contributed by atoms with E-state index in [1.54, 1.807) is 23.5 Å². The van der Waals surface area contributed by atoms with Crippen LogP contribution in [0.5, 0.6) is 0 Å². The van der Waals surface area contributed by atoms with Crippen LogP contribution in [-0.2, 0) is 12.3 Å². The Hall–Kier alpha value is -1.72. The smallest absolute Gasteiger partial charge is 0.262 e. The van der Waals surface area contributed by atoms with Crippen LogP contribution < -0.4 is 5.56 Å². The fraction of sp³-hybridized carbons (Fsp3) is 0.333. The molecule has 0 aliphatic carbocycles. The summed E-state index contributed by atoms with van der Waals surface area (Å²) in [5, 5.41) is 1.51. The van der Waals surface area contributed by atoms with Crippen LogP contribution in [0, 0.1) is 5.92 Å². The van der Waals surface area contributed by atoms with Gasteiger partial charge in [-0.15, -0.1) is 11.8 Å². The van der Waals surface area contributed by atoms with Gasteiger partial charge in [-0.25, -0.2) is 4.98 Å². The zero-order valence-electron chi connectivity index (χ0n) is 15.4. The number of hydrogen-bond acceptors (Lipinski definition) is 4. The van der Waals surface area contributed by atoms with Gasteiger partial charge in [-0.3, -0.25) is 9.36 Å². The van der Waals surface area contributed by atoms with Crippen LogP contribution in [0.4, 0.5) is 0 Å². The molecule has 3 rings (SSSR count). The summed E-state index contributed by atoms with van der Waals surface area (Å²) >= 11 is 3.38. The minimum Gasteiger partial charge on any atom is -0.287 e. The second-order valence-corrected chi connectivity index (χ2v) is 8.51. The van der Waals surface area contributed by atoms with E-state index in [1.807, 2.05) is 28.8 Å². The molecule has 136 valence electrons. The molecule has 0 atom stereocenters. The maximum atomic E-state index is 13.0. The van der Waals surface area contributed by atoms with Crippen molar-refractivity contribution in [2.24, 2.45) is 5.92 Å². The molecule has 5 heteroatoms. The lowest BCUT2D eigenvalue weighted by molar-refractivity contribution is 0.481. The van der Waals surface area contributed by atoms with Crippen molar-refractivity contribution in [2.75, 3.05) is 6.26 Å². The Bertz CT molecular complexity index is 933. The second-order valence-electron chi connectivity index (χ2n) is 6.69. The normalized spacial score (nSPS) is 11.4. The standard InChI is InChI=1S/C21H24N2OS2/c1-15(2)12-13-23-20(24)18-6-4-5-7-19(18)22-21(23)26-14-16-8-10-17(25-3)11-9-16/h4-11,15H,12-14H2,1-3H3. The first-order chi connectivity index (χ1) is 12.6. The topological polar surface area (TPSA) is 34.9 Å². The molecule has 0 fully saturated rings. The fourth-order valence-electron chi connectivity index (χ4n) is 2.71. The Morgan fingerprint density at radius 2 is 1.81 bits per heavy atom. The van der Waals surface area contributed by atoms with E-state index in [0.29, 0.717) is 17.8 Å². The molecule has 0 bridgehead atoms. The molecule has 26 heavy (non-hydrogen) atoms. The average Bonchev–Trinajstić information content (AvgIpc) is 2.66. The first kappa shape index (κ1) is 19.1. The number of para-hydroxylation sites is 1. The van der Waals surface area contributed by atoms with E-state index in [0.717, 1.165) is 22.8 Å². The van der Waals surface area contributed by atoms with Crippen LogP contribution in [0.1, 0.15) is 25.8 Å². The highest BCUT2D eigenvalue weighted by atomic mass is 32.2. The van der Waals surface area contributed by atoms with Crippen LogP contribution in [0.25, 0.3) is 10.9 Å². The van der Waals surface area contributed by atoms with Gasteiger partial charge in [0, 0.05) is 17.2 Å². The summed E-state index contributed by atoms with van der Waals surface area (Å²) in [6.07, 6.45) is 3.05. The number of fused-ring (bicyclic) bond motifs is 1. The average molecular weight is 385 g/mol. The number of thioether (sulfide) groups is 2. The Morgan fingerprint density at radius 1 is 1.08 bits per heavy atom. The summed E-state index contributed by atoms with van der Waals surface area (Å²) < 4.78 is 1.85. The molecule has 0 amide bonds. The summed E-state index contributed by atoms with van der Waals surface area (Å²) in [5.41, 5.74) is 2.08. The van der Waals surface area contributed by atoms with E-state index in [-0.39, 0.29) is 5.56 Å². The van der Waals surface area contributed by atoms with Crippen molar-refractivity contribution in [2.45, 2.75) is 42.6 Å². The van der Waals surface area contributed by atoms with Gasteiger partial charge < -0.3 is 0 Å². The van der Waals surface area contributed by atoms with Crippen molar-refractivity contribution in [1.29, 1.82) is 0 Å². The minimum absolute atomic E-state index is 0.0662. The van der Waals surface area contributed by atoms with Crippen molar-refractivity contribution in [3.8, 4) is 0 Å². The fourth-order valence-corrected chi connectivity index (χ4v) is 4.10. The lowest BCUT2D eigenvalue weighted by Crippen LogP contribution is -2.24. The highest BCUT2D eigenvalue weighted by Crippen LogP contribution is 2.24. The van der Waals surface area contributed by atoms with Crippen molar-refractivity contribution in [1.82, 2.24) is 9.55 Å². The summed E-state index contributed by atoms with van der Waals surface area (Å²) in [6, 6.07) is 16.2. The Balaban J connectivity index is 1.91. The van der Waals surface area contributed by atoms with Gasteiger partial charge in [-0.2, -0.15) is 0 Å². The lowest BCUT2D eigenvalue weighted by Gasteiger charge is -2.14. The highest BCUT2D eigenvalue weighted by Gasteiger charge is 2.12. The van der Waals surface area contributed by atoms with Crippen LogP contribution in [0.2, 0.25) is 0 Å². The monoisotopic (exact) mass is 384 g/mol. The predicted octanol–water partition coefficient (Wildman–Crippen LogP) is 5.46. The third-order valence-electron chi connectivity index (χ3n) is 4.28. The van der Waals surface area contributed by atoms with E-state index >= 15 is 0 Å². The van der Waals surface area contributed by atoms with Crippen molar-refractivity contribution >= 4 is 34.4 Å². The van der Waals surface area contributed by atoms with Gasteiger partial charge in [0.1, 0.15) is 0 Å². The summed E-state index contributed by atoms with van der Waals surface area (Å²) in [6.45, 7) is 5.07. The van der Waals surface area contributed by atoms with Gasteiger partial charge in [0.05, 0.1) is 10.9 Å². The second kappa shape index (κ2) is 8.78. The molecule has 0 saturated carbocycles. The Kier molecular flexibility index (Phi) is 6.43. The number of hydrogen-bond donors (Lipinski definition) is 0. The molecule has 1 aromatic heterocycles. The Morgan fingerprint density at radius 3 is 2.50 bits per heavy atom. The van der Waals surface area contributed by atoms with E-state index in [4.69, 9.17) is 4.98 Å². The van der Waals surface area contributed by atoms with Gasteiger partial charge in [0.25, 0.3) is 5.56 Å². The van der Waals surface area contributed by atoms with Gasteiger partial charge >= 0.3 is 0 Å². The SMILES string of the molecule is CSc1ccc(CSc2nc3ccccc3c(=O)n2CCC(C)C)cc1. The third kappa shape index (κ3) is 4.51. The van der Waals surface area contributed by atoms with Crippen molar-refractivity contribution < 1.29 is 0 Å². The molecule has 2 aromatic carbocycles. The lowest BCUT2D eigenvalue weighted by atomic mass is 10.1.